The van der Waals surface area contributed by atoms with Crippen LogP contribution in [0.25, 0.3) is 0 Å². The van der Waals surface area contributed by atoms with Crippen molar-refractivity contribution >= 4 is 5.91 Å². The summed E-state index contributed by atoms with van der Waals surface area (Å²) in [5.41, 5.74) is 1.86. The molecule has 7 nitrogen and oxygen atoms in total. The third-order valence-electron chi connectivity index (χ3n) is 3.61. The molecule has 1 aliphatic heterocycles. The number of aryl methyl sites for hydroxylation is 2. The topological polar surface area (TPSA) is 73.1 Å². The predicted octanol–water partition coefficient (Wildman–Crippen LogP) is 0.890. The lowest BCUT2D eigenvalue weighted by Gasteiger charge is -2.32. The molecule has 1 aliphatic rings. The molecule has 1 unspecified atom stereocenters. The molecule has 0 aromatic carbocycles. The lowest BCUT2D eigenvalue weighted by molar-refractivity contribution is -0.140. The van der Waals surface area contributed by atoms with Crippen molar-refractivity contribution in [1.82, 2.24) is 24.6 Å². The van der Waals surface area contributed by atoms with Gasteiger partial charge < -0.3 is 9.64 Å². The van der Waals surface area contributed by atoms with E-state index in [1.165, 1.54) is 0 Å². The van der Waals surface area contributed by atoms with E-state index < -0.39 is 0 Å². The van der Waals surface area contributed by atoms with Gasteiger partial charge in [0, 0.05) is 18.9 Å². The number of hydrogen-bond donors (Lipinski definition) is 0. The zero-order valence-corrected chi connectivity index (χ0v) is 12.8. The molecule has 0 N–H and O–H groups in total. The van der Waals surface area contributed by atoms with Gasteiger partial charge in [-0.3, -0.25) is 9.48 Å². The maximum atomic E-state index is 12.4. The molecule has 0 radical (unpaired) electrons. The van der Waals surface area contributed by atoms with Gasteiger partial charge >= 0.3 is 0 Å². The molecule has 3 heterocycles. The van der Waals surface area contributed by atoms with E-state index in [9.17, 15) is 4.79 Å². The van der Waals surface area contributed by atoms with Gasteiger partial charge in [-0.25, -0.2) is 9.97 Å². The van der Waals surface area contributed by atoms with Gasteiger partial charge in [0.05, 0.1) is 25.0 Å². The summed E-state index contributed by atoms with van der Waals surface area (Å²) in [4.78, 5) is 22.7. The van der Waals surface area contributed by atoms with Crippen LogP contribution >= 0.6 is 0 Å². The second-order valence-electron chi connectivity index (χ2n) is 5.44. The highest BCUT2D eigenvalue weighted by Gasteiger charge is 2.26. The van der Waals surface area contributed by atoms with Gasteiger partial charge in [-0.2, -0.15) is 5.10 Å². The van der Waals surface area contributed by atoms with E-state index >= 15 is 0 Å². The average Bonchev–Trinajstić information content (AvgIpc) is 2.92. The number of hydrogen-bond acceptors (Lipinski definition) is 5. The molecule has 2 aromatic heterocycles. The van der Waals surface area contributed by atoms with Crippen molar-refractivity contribution in [1.29, 1.82) is 0 Å². The summed E-state index contributed by atoms with van der Waals surface area (Å²) in [5, 5.41) is 4.16. The Kier molecular flexibility index (Phi) is 4.15. The van der Waals surface area contributed by atoms with Crippen molar-refractivity contribution in [3.8, 4) is 0 Å². The fraction of sp³-hybridized carbons (Fsp3) is 0.467. The van der Waals surface area contributed by atoms with Crippen molar-refractivity contribution in [2.45, 2.75) is 26.5 Å². The number of carbonyl (C=O) groups is 1. The number of rotatable bonds is 3. The molecule has 2 aromatic rings. The first-order valence-electron chi connectivity index (χ1n) is 7.30. The van der Waals surface area contributed by atoms with Gasteiger partial charge in [-0.1, -0.05) is 0 Å². The lowest BCUT2D eigenvalue weighted by atomic mass is 10.2. The molecule has 1 atom stereocenters. The quantitative estimate of drug-likeness (QED) is 0.842. The maximum Gasteiger partial charge on any atom is 0.244 e. The molecule has 1 amide bonds. The zero-order valence-electron chi connectivity index (χ0n) is 12.8. The third kappa shape index (κ3) is 3.30. The summed E-state index contributed by atoms with van der Waals surface area (Å²) in [7, 11) is 0. The standard InChI is InChI=1S/C15H19N5O2/c1-11-7-17-20(8-11)10-15(21)19-5-6-22-14(9-19)13-3-4-16-12(2)18-13/h3-4,7-8,14H,5-6,9-10H2,1-2H3. The summed E-state index contributed by atoms with van der Waals surface area (Å²) < 4.78 is 7.41. The number of morpholine rings is 1. The fourth-order valence-electron chi connectivity index (χ4n) is 2.50. The second-order valence-corrected chi connectivity index (χ2v) is 5.44. The zero-order chi connectivity index (χ0) is 15.5. The van der Waals surface area contributed by atoms with Crippen molar-refractivity contribution in [2.24, 2.45) is 0 Å². The molecule has 0 aliphatic carbocycles. The molecule has 116 valence electrons. The first-order valence-corrected chi connectivity index (χ1v) is 7.30. The van der Waals surface area contributed by atoms with E-state index in [0.29, 0.717) is 25.5 Å². The van der Waals surface area contributed by atoms with Crippen LogP contribution in [0.1, 0.15) is 23.2 Å². The Labute approximate surface area is 128 Å². The molecule has 1 fully saturated rings. The first kappa shape index (κ1) is 14.6. The minimum absolute atomic E-state index is 0.0437. The smallest absolute Gasteiger partial charge is 0.244 e. The molecule has 0 saturated carbocycles. The minimum atomic E-state index is -0.196. The minimum Gasteiger partial charge on any atom is -0.368 e. The predicted molar refractivity (Wildman–Crippen MR) is 79.0 cm³/mol. The normalized spacial score (nSPS) is 18.5. The second kappa shape index (κ2) is 6.23. The van der Waals surface area contributed by atoms with Crippen LogP contribution in [0.3, 0.4) is 0 Å². The van der Waals surface area contributed by atoms with Crippen LogP contribution in [0.2, 0.25) is 0 Å². The van der Waals surface area contributed by atoms with E-state index in [1.54, 1.807) is 17.1 Å². The summed E-state index contributed by atoms with van der Waals surface area (Å²) in [6.07, 6.45) is 5.13. The molecular formula is C15H19N5O2. The van der Waals surface area contributed by atoms with Crippen LogP contribution in [0.5, 0.6) is 0 Å². The number of carbonyl (C=O) groups excluding carboxylic acids is 1. The average molecular weight is 301 g/mol. The van der Waals surface area contributed by atoms with Gasteiger partial charge in [0.1, 0.15) is 18.5 Å². The Hall–Kier alpha value is -2.28. The molecule has 7 heteroatoms. The number of aromatic nitrogens is 4. The number of amides is 1. The first-order chi connectivity index (χ1) is 10.6. The monoisotopic (exact) mass is 301 g/mol. The fourth-order valence-corrected chi connectivity index (χ4v) is 2.50. The molecular weight excluding hydrogens is 282 g/mol. The van der Waals surface area contributed by atoms with Gasteiger partial charge in [0.2, 0.25) is 5.91 Å². The highest BCUT2D eigenvalue weighted by Crippen LogP contribution is 2.20. The van der Waals surface area contributed by atoms with Crippen LogP contribution in [0, 0.1) is 13.8 Å². The molecule has 0 bridgehead atoms. The highest BCUT2D eigenvalue weighted by molar-refractivity contribution is 5.76. The van der Waals surface area contributed by atoms with E-state index in [-0.39, 0.29) is 18.6 Å². The Balaban J connectivity index is 1.66. The summed E-state index contributed by atoms with van der Waals surface area (Å²) >= 11 is 0. The van der Waals surface area contributed by atoms with Crippen molar-refractivity contribution in [3.05, 3.63) is 41.7 Å². The summed E-state index contributed by atoms with van der Waals surface area (Å²) in [5.74, 6) is 0.749. The highest BCUT2D eigenvalue weighted by atomic mass is 16.5. The Morgan fingerprint density at radius 3 is 3.05 bits per heavy atom. The summed E-state index contributed by atoms with van der Waals surface area (Å²) in [6, 6.07) is 1.84. The Morgan fingerprint density at radius 2 is 2.32 bits per heavy atom. The summed E-state index contributed by atoms with van der Waals surface area (Å²) in [6.45, 7) is 5.67. The van der Waals surface area contributed by atoms with Gasteiger partial charge in [0.15, 0.2) is 0 Å². The van der Waals surface area contributed by atoms with Gasteiger partial charge in [-0.15, -0.1) is 0 Å². The maximum absolute atomic E-state index is 12.4. The lowest BCUT2D eigenvalue weighted by Crippen LogP contribution is -2.44. The van der Waals surface area contributed by atoms with Crippen LogP contribution in [-0.2, 0) is 16.1 Å². The Bertz CT molecular complexity index is 669. The van der Waals surface area contributed by atoms with Crippen molar-refractivity contribution in [3.63, 3.8) is 0 Å². The number of nitrogens with zero attached hydrogens (tertiary/aromatic N) is 5. The van der Waals surface area contributed by atoms with Crippen LogP contribution in [0.4, 0.5) is 0 Å². The van der Waals surface area contributed by atoms with E-state index in [1.807, 2.05) is 31.0 Å². The molecule has 0 spiro atoms. The van der Waals surface area contributed by atoms with Crippen molar-refractivity contribution < 1.29 is 9.53 Å². The van der Waals surface area contributed by atoms with Crippen LogP contribution in [-0.4, -0.2) is 50.3 Å². The van der Waals surface area contributed by atoms with E-state index in [0.717, 1.165) is 11.3 Å². The number of ether oxygens (including phenoxy) is 1. The van der Waals surface area contributed by atoms with Crippen LogP contribution < -0.4 is 0 Å². The van der Waals surface area contributed by atoms with Crippen molar-refractivity contribution in [2.75, 3.05) is 19.7 Å². The van der Waals surface area contributed by atoms with E-state index in [2.05, 4.69) is 15.1 Å². The van der Waals surface area contributed by atoms with Gasteiger partial charge in [-0.05, 0) is 25.5 Å². The van der Waals surface area contributed by atoms with E-state index in [4.69, 9.17) is 4.74 Å². The molecule has 3 rings (SSSR count). The Morgan fingerprint density at radius 1 is 1.45 bits per heavy atom. The SMILES string of the molecule is Cc1cnn(CC(=O)N2CCOC(c3ccnc(C)n3)C2)c1. The van der Waals surface area contributed by atoms with Crippen LogP contribution in [0.15, 0.2) is 24.7 Å². The third-order valence-corrected chi connectivity index (χ3v) is 3.61. The molecule has 22 heavy (non-hydrogen) atoms. The largest absolute Gasteiger partial charge is 0.368 e. The van der Waals surface area contributed by atoms with Gasteiger partial charge in [0.25, 0.3) is 0 Å². The molecule has 1 saturated heterocycles.